The van der Waals surface area contributed by atoms with Crippen molar-refractivity contribution in [3.63, 3.8) is 0 Å². The smallest absolute Gasteiger partial charge is 0.238 e. The molecule has 0 atom stereocenters. The molecule has 0 aliphatic carbocycles. The van der Waals surface area contributed by atoms with E-state index in [1.165, 1.54) is 5.56 Å². The average molecular weight is 312 g/mol. The minimum atomic E-state index is -0.0175. The summed E-state index contributed by atoms with van der Waals surface area (Å²) in [7, 11) is 3.58. The molecule has 0 radical (unpaired) electrons. The van der Waals surface area contributed by atoms with Crippen LogP contribution in [0.25, 0.3) is 0 Å². The Labute approximate surface area is 138 Å². The first-order valence-corrected chi connectivity index (χ1v) is 7.67. The lowest BCUT2D eigenvalue weighted by Gasteiger charge is -2.18. The van der Waals surface area contributed by atoms with Gasteiger partial charge in [0.05, 0.1) is 13.7 Å². The number of hydrogen-bond acceptors (Lipinski definition) is 3. The summed E-state index contributed by atoms with van der Waals surface area (Å²) in [5.41, 5.74) is 4.22. The zero-order chi connectivity index (χ0) is 16.8. The van der Waals surface area contributed by atoms with Gasteiger partial charge in [-0.15, -0.1) is 0 Å². The Morgan fingerprint density at radius 1 is 1.13 bits per heavy atom. The van der Waals surface area contributed by atoms with Crippen LogP contribution in [0.1, 0.15) is 16.7 Å². The third-order valence-corrected chi connectivity index (χ3v) is 3.93. The van der Waals surface area contributed by atoms with Gasteiger partial charge in [-0.05, 0) is 44.2 Å². The predicted molar refractivity (Wildman–Crippen MR) is 93.9 cm³/mol. The minimum Gasteiger partial charge on any atom is -0.496 e. The molecule has 0 heterocycles. The third-order valence-electron chi connectivity index (χ3n) is 3.93. The maximum Gasteiger partial charge on any atom is 0.238 e. The minimum absolute atomic E-state index is 0.0175. The van der Waals surface area contributed by atoms with Crippen LogP contribution < -0.4 is 10.1 Å². The molecule has 1 N–H and O–H groups in total. The van der Waals surface area contributed by atoms with E-state index in [1.54, 1.807) is 7.11 Å². The molecule has 0 aliphatic rings. The van der Waals surface area contributed by atoms with Gasteiger partial charge in [0, 0.05) is 17.8 Å². The fourth-order valence-electron chi connectivity index (χ4n) is 2.50. The van der Waals surface area contributed by atoms with E-state index >= 15 is 0 Å². The lowest BCUT2D eigenvalue weighted by atomic mass is 10.1. The number of para-hydroxylation sites is 1. The van der Waals surface area contributed by atoms with Crippen LogP contribution in [-0.2, 0) is 11.3 Å². The molecular weight excluding hydrogens is 288 g/mol. The van der Waals surface area contributed by atoms with E-state index in [2.05, 4.69) is 5.32 Å². The highest BCUT2D eigenvalue weighted by Crippen LogP contribution is 2.19. The van der Waals surface area contributed by atoms with Gasteiger partial charge in [-0.25, -0.2) is 0 Å². The molecule has 2 rings (SSSR count). The number of methoxy groups -OCH3 is 1. The van der Waals surface area contributed by atoms with Crippen molar-refractivity contribution in [1.82, 2.24) is 4.90 Å². The second-order valence-corrected chi connectivity index (χ2v) is 5.78. The first kappa shape index (κ1) is 17.0. The van der Waals surface area contributed by atoms with Crippen LogP contribution in [0.2, 0.25) is 0 Å². The van der Waals surface area contributed by atoms with Crippen molar-refractivity contribution in [1.29, 1.82) is 0 Å². The van der Waals surface area contributed by atoms with Crippen molar-refractivity contribution < 1.29 is 9.53 Å². The summed E-state index contributed by atoms with van der Waals surface area (Å²) in [4.78, 5) is 14.2. The van der Waals surface area contributed by atoms with Gasteiger partial charge in [-0.1, -0.05) is 30.3 Å². The van der Waals surface area contributed by atoms with Crippen molar-refractivity contribution in [3.05, 3.63) is 59.2 Å². The number of anilines is 1. The van der Waals surface area contributed by atoms with Crippen LogP contribution in [0, 0.1) is 13.8 Å². The number of aryl methyl sites for hydroxylation is 1. The van der Waals surface area contributed by atoms with Crippen LogP contribution >= 0.6 is 0 Å². The second-order valence-electron chi connectivity index (χ2n) is 5.78. The zero-order valence-corrected chi connectivity index (χ0v) is 14.2. The van der Waals surface area contributed by atoms with Gasteiger partial charge >= 0.3 is 0 Å². The predicted octanol–water partition coefficient (Wildman–Crippen LogP) is 3.38. The van der Waals surface area contributed by atoms with Crippen LogP contribution in [0.15, 0.2) is 42.5 Å². The quantitative estimate of drug-likeness (QED) is 0.889. The summed E-state index contributed by atoms with van der Waals surface area (Å²) in [6.45, 7) is 5.04. The van der Waals surface area contributed by atoms with Crippen LogP contribution in [0.4, 0.5) is 5.69 Å². The number of hydrogen-bond donors (Lipinski definition) is 1. The molecule has 2 aromatic carbocycles. The number of ether oxygens (including phenoxy) is 1. The Hall–Kier alpha value is -2.33. The molecule has 0 saturated carbocycles. The number of carbonyl (C=O) groups excluding carboxylic acids is 1. The van der Waals surface area contributed by atoms with Gasteiger partial charge < -0.3 is 10.1 Å². The van der Waals surface area contributed by atoms with Crippen molar-refractivity contribution in [3.8, 4) is 5.75 Å². The van der Waals surface area contributed by atoms with E-state index in [4.69, 9.17) is 4.74 Å². The first-order valence-electron chi connectivity index (χ1n) is 7.67. The molecule has 4 nitrogen and oxygen atoms in total. The highest BCUT2D eigenvalue weighted by Gasteiger charge is 2.11. The van der Waals surface area contributed by atoms with Gasteiger partial charge in [0.2, 0.25) is 5.91 Å². The molecule has 0 aliphatic heterocycles. The molecule has 2 aromatic rings. The first-order chi connectivity index (χ1) is 11.0. The average Bonchev–Trinajstić information content (AvgIpc) is 2.52. The van der Waals surface area contributed by atoms with E-state index in [9.17, 15) is 4.79 Å². The van der Waals surface area contributed by atoms with Gasteiger partial charge in [0.15, 0.2) is 0 Å². The number of benzene rings is 2. The van der Waals surface area contributed by atoms with Crippen molar-refractivity contribution in [2.45, 2.75) is 20.4 Å². The second kappa shape index (κ2) is 7.79. The molecular formula is C19H24N2O2. The molecule has 1 amide bonds. The number of nitrogens with zero attached hydrogens (tertiary/aromatic N) is 1. The summed E-state index contributed by atoms with van der Waals surface area (Å²) >= 11 is 0. The van der Waals surface area contributed by atoms with E-state index < -0.39 is 0 Å². The number of carbonyl (C=O) groups is 1. The Bertz CT molecular complexity index is 683. The van der Waals surface area contributed by atoms with Crippen LogP contribution in [-0.4, -0.2) is 31.5 Å². The number of rotatable bonds is 6. The zero-order valence-electron chi connectivity index (χ0n) is 14.2. The molecule has 23 heavy (non-hydrogen) atoms. The summed E-state index contributed by atoms with van der Waals surface area (Å²) in [5, 5.41) is 2.98. The van der Waals surface area contributed by atoms with Crippen molar-refractivity contribution in [2.24, 2.45) is 0 Å². The standard InChI is InChI=1S/C19H24N2O2/c1-14-8-7-10-17(15(14)2)20-19(22)13-21(3)12-16-9-5-6-11-18(16)23-4/h5-11H,12-13H2,1-4H3,(H,20,22). The van der Waals surface area contributed by atoms with Crippen molar-refractivity contribution in [2.75, 3.05) is 26.0 Å². The third kappa shape index (κ3) is 4.57. The summed E-state index contributed by atoms with van der Waals surface area (Å²) in [6.07, 6.45) is 0. The lowest BCUT2D eigenvalue weighted by molar-refractivity contribution is -0.117. The molecule has 0 fully saturated rings. The number of nitrogens with one attached hydrogen (secondary N) is 1. The van der Waals surface area contributed by atoms with Crippen molar-refractivity contribution >= 4 is 11.6 Å². The van der Waals surface area contributed by atoms with E-state index in [-0.39, 0.29) is 5.91 Å². The maximum absolute atomic E-state index is 12.2. The van der Waals surface area contributed by atoms with E-state index in [0.29, 0.717) is 13.1 Å². The molecule has 0 spiro atoms. The van der Waals surface area contributed by atoms with E-state index in [0.717, 1.165) is 22.6 Å². The Morgan fingerprint density at radius 3 is 2.61 bits per heavy atom. The molecule has 4 heteroatoms. The molecule has 0 aromatic heterocycles. The SMILES string of the molecule is COc1ccccc1CN(C)CC(=O)Nc1cccc(C)c1C. The van der Waals surface area contributed by atoms with Gasteiger partial charge in [0.25, 0.3) is 0 Å². The topological polar surface area (TPSA) is 41.6 Å². The summed E-state index contributed by atoms with van der Waals surface area (Å²) in [6, 6.07) is 13.8. The summed E-state index contributed by atoms with van der Waals surface area (Å²) < 4.78 is 5.35. The Balaban J connectivity index is 1.96. The molecule has 0 bridgehead atoms. The molecule has 122 valence electrons. The Kier molecular flexibility index (Phi) is 5.77. The monoisotopic (exact) mass is 312 g/mol. The molecule has 0 unspecified atom stereocenters. The number of amides is 1. The maximum atomic E-state index is 12.2. The fraction of sp³-hybridized carbons (Fsp3) is 0.316. The van der Waals surface area contributed by atoms with Crippen LogP contribution in [0.5, 0.6) is 5.75 Å². The van der Waals surface area contributed by atoms with Gasteiger partial charge in [0.1, 0.15) is 5.75 Å². The summed E-state index contributed by atoms with van der Waals surface area (Å²) in [5.74, 6) is 0.824. The normalized spacial score (nSPS) is 10.7. The highest BCUT2D eigenvalue weighted by molar-refractivity contribution is 5.93. The highest BCUT2D eigenvalue weighted by atomic mass is 16.5. The van der Waals surface area contributed by atoms with Gasteiger partial charge in [-0.3, -0.25) is 9.69 Å². The fourth-order valence-corrected chi connectivity index (χ4v) is 2.50. The lowest BCUT2D eigenvalue weighted by Crippen LogP contribution is -2.30. The van der Waals surface area contributed by atoms with Crippen LogP contribution in [0.3, 0.4) is 0 Å². The number of likely N-dealkylation sites (N-methyl/N-ethyl adjacent to an activating group) is 1. The van der Waals surface area contributed by atoms with E-state index in [1.807, 2.05) is 68.3 Å². The Morgan fingerprint density at radius 2 is 1.87 bits per heavy atom. The largest absolute Gasteiger partial charge is 0.496 e. The molecule has 0 saturated heterocycles. The van der Waals surface area contributed by atoms with Gasteiger partial charge in [-0.2, -0.15) is 0 Å².